The van der Waals surface area contributed by atoms with Gasteiger partial charge < -0.3 is 34.5 Å². The van der Waals surface area contributed by atoms with Gasteiger partial charge >= 0.3 is 24.2 Å². The fourth-order valence-corrected chi connectivity index (χ4v) is 3.48. The summed E-state index contributed by atoms with van der Waals surface area (Å²) in [5.41, 5.74) is 4.83. The van der Waals surface area contributed by atoms with Crippen LogP contribution in [-0.2, 0) is 30.2 Å². The first-order valence-electron chi connectivity index (χ1n) is 13.9. The second-order valence-electron chi connectivity index (χ2n) is 10.4. The molecule has 1 aromatic carbocycles. The van der Waals surface area contributed by atoms with Gasteiger partial charge in [-0.25, -0.2) is 9.59 Å². The maximum atomic E-state index is 12.4. The largest absolute Gasteiger partial charge is 0.513 e. The van der Waals surface area contributed by atoms with Crippen molar-refractivity contribution in [2.75, 3.05) is 13.2 Å². The molecule has 226 valence electrons. The fraction of sp³-hybridized carbons (Fsp3) is 0.655. The highest BCUT2D eigenvalue weighted by Crippen LogP contribution is 2.31. The quantitative estimate of drug-likeness (QED) is 0.136. The van der Waals surface area contributed by atoms with Crippen LogP contribution in [0.5, 0.6) is 11.5 Å². The van der Waals surface area contributed by atoms with Gasteiger partial charge in [0.15, 0.2) is 11.5 Å². The molecule has 0 radical (unpaired) electrons. The second-order valence-corrected chi connectivity index (χ2v) is 10.4. The summed E-state index contributed by atoms with van der Waals surface area (Å²) < 4.78 is 26.2. The Balaban J connectivity index is 3.14. The minimum absolute atomic E-state index is 0.108. The van der Waals surface area contributed by atoms with Gasteiger partial charge in [-0.3, -0.25) is 9.59 Å². The smallest absolute Gasteiger partial charge is 0.480 e. The van der Waals surface area contributed by atoms with Crippen molar-refractivity contribution < 1.29 is 48.0 Å². The number of hydrogen-bond donors (Lipinski definition) is 2. The molecule has 1 rings (SSSR count). The lowest BCUT2D eigenvalue weighted by Crippen LogP contribution is -2.52. The van der Waals surface area contributed by atoms with Crippen molar-refractivity contribution >= 4 is 24.2 Å². The molecule has 0 amide bonds. The first-order chi connectivity index (χ1) is 18.8. The number of esters is 1. The van der Waals surface area contributed by atoms with Crippen molar-refractivity contribution in [3.05, 3.63) is 23.8 Å². The van der Waals surface area contributed by atoms with E-state index in [1.165, 1.54) is 18.2 Å². The minimum atomic E-state index is -1.81. The van der Waals surface area contributed by atoms with Gasteiger partial charge in [0.05, 0.1) is 13.2 Å². The Morgan fingerprint density at radius 3 is 1.95 bits per heavy atom. The fourth-order valence-electron chi connectivity index (χ4n) is 3.48. The van der Waals surface area contributed by atoms with E-state index in [9.17, 15) is 24.3 Å². The minimum Gasteiger partial charge on any atom is -0.480 e. The first-order valence-corrected chi connectivity index (χ1v) is 13.9. The molecular formula is C29H45NO10. The topological polar surface area (TPSA) is 161 Å². The SMILES string of the molecule is CCCCC(=O)O[C@@H](C)CC(N)(Cc1ccc(OC(=O)OCC(C)CC)c(OC(=O)OCC(C)CC)c1)C(=O)O. The molecule has 4 atom stereocenters. The van der Waals surface area contributed by atoms with Gasteiger partial charge in [-0.05, 0) is 42.9 Å². The predicted molar refractivity (Wildman–Crippen MR) is 147 cm³/mol. The van der Waals surface area contributed by atoms with Crippen LogP contribution < -0.4 is 15.2 Å². The molecule has 0 aromatic heterocycles. The molecule has 40 heavy (non-hydrogen) atoms. The summed E-state index contributed by atoms with van der Waals surface area (Å²) in [7, 11) is 0. The van der Waals surface area contributed by atoms with Gasteiger partial charge in [-0.15, -0.1) is 0 Å². The van der Waals surface area contributed by atoms with Gasteiger partial charge in [0.25, 0.3) is 0 Å². The monoisotopic (exact) mass is 567 g/mol. The van der Waals surface area contributed by atoms with Crippen LogP contribution in [0.25, 0.3) is 0 Å². The standard InChI is InChI=1S/C29H45NO10/c1-7-10-11-25(31)38-21(6)15-29(30,26(32)33)16-22-12-13-23(39-27(34)36-17-19(4)8-2)24(14-22)40-28(35)37-18-20(5)9-3/h12-14,19-21H,7-11,15-18,30H2,1-6H3,(H,32,33)/t19?,20?,21-,29?/m0/s1. The summed E-state index contributed by atoms with van der Waals surface area (Å²) in [6.07, 6.45) is 0.219. The van der Waals surface area contributed by atoms with Crippen LogP contribution in [-0.4, -0.2) is 54.2 Å². The Labute approximate surface area is 236 Å². The molecular weight excluding hydrogens is 522 g/mol. The number of hydrogen-bond acceptors (Lipinski definition) is 10. The van der Waals surface area contributed by atoms with Crippen LogP contribution in [0.4, 0.5) is 9.59 Å². The van der Waals surface area contributed by atoms with E-state index in [-0.39, 0.29) is 55.8 Å². The van der Waals surface area contributed by atoms with E-state index in [1.54, 1.807) is 6.92 Å². The Morgan fingerprint density at radius 1 is 0.900 bits per heavy atom. The Hall–Kier alpha value is -3.34. The summed E-state index contributed by atoms with van der Waals surface area (Å²) in [5, 5.41) is 9.92. The molecule has 11 heteroatoms. The van der Waals surface area contributed by atoms with Crippen molar-refractivity contribution in [2.45, 2.75) is 98.1 Å². The van der Waals surface area contributed by atoms with Crippen molar-refractivity contribution in [1.29, 1.82) is 0 Å². The zero-order valence-electron chi connectivity index (χ0n) is 24.5. The lowest BCUT2D eigenvalue weighted by molar-refractivity contribution is -0.153. The van der Waals surface area contributed by atoms with Gasteiger partial charge in [0.2, 0.25) is 0 Å². The third-order valence-electron chi connectivity index (χ3n) is 6.42. The van der Waals surface area contributed by atoms with E-state index in [2.05, 4.69) is 0 Å². The van der Waals surface area contributed by atoms with Gasteiger partial charge in [-0.2, -0.15) is 0 Å². The van der Waals surface area contributed by atoms with Crippen LogP contribution in [0, 0.1) is 11.8 Å². The third kappa shape index (κ3) is 12.7. The van der Waals surface area contributed by atoms with Crippen LogP contribution >= 0.6 is 0 Å². The maximum absolute atomic E-state index is 12.4. The Kier molecular flexibility index (Phi) is 15.1. The summed E-state index contributed by atoms with van der Waals surface area (Å²) in [4.78, 5) is 48.8. The number of rotatable bonds is 17. The molecule has 0 aliphatic carbocycles. The molecule has 3 N–H and O–H groups in total. The van der Waals surface area contributed by atoms with Crippen molar-refractivity contribution in [3.8, 4) is 11.5 Å². The number of unbranched alkanes of at least 4 members (excludes halogenated alkanes) is 1. The molecule has 0 aliphatic rings. The van der Waals surface area contributed by atoms with Gasteiger partial charge in [0.1, 0.15) is 11.6 Å². The summed E-state index contributed by atoms with van der Waals surface area (Å²) in [6, 6.07) is 4.20. The lowest BCUT2D eigenvalue weighted by atomic mass is 9.86. The molecule has 0 heterocycles. The highest BCUT2D eigenvalue weighted by molar-refractivity contribution is 5.79. The average Bonchev–Trinajstić information content (AvgIpc) is 2.90. The molecule has 3 unspecified atom stereocenters. The number of carboxylic acid groups (broad SMARTS) is 1. The van der Waals surface area contributed by atoms with E-state index >= 15 is 0 Å². The summed E-state index contributed by atoms with van der Waals surface area (Å²) in [6.45, 7) is 11.5. The van der Waals surface area contributed by atoms with Crippen molar-refractivity contribution in [3.63, 3.8) is 0 Å². The van der Waals surface area contributed by atoms with Crippen LogP contribution in [0.15, 0.2) is 18.2 Å². The molecule has 0 saturated heterocycles. The molecule has 0 aliphatic heterocycles. The molecule has 11 nitrogen and oxygen atoms in total. The maximum Gasteiger partial charge on any atom is 0.513 e. The number of carbonyl (C=O) groups is 4. The van der Waals surface area contributed by atoms with E-state index in [1.807, 2.05) is 34.6 Å². The van der Waals surface area contributed by atoms with Crippen LogP contribution in [0.3, 0.4) is 0 Å². The van der Waals surface area contributed by atoms with Crippen LogP contribution in [0.2, 0.25) is 0 Å². The lowest BCUT2D eigenvalue weighted by Gasteiger charge is -2.28. The molecule has 0 spiro atoms. The molecule has 0 bridgehead atoms. The highest BCUT2D eigenvalue weighted by atomic mass is 16.7. The van der Waals surface area contributed by atoms with Crippen molar-refractivity contribution in [1.82, 2.24) is 0 Å². The number of ether oxygens (including phenoxy) is 5. The summed E-state index contributed by atoms with van der Waals surface area (Å²) >= 11 is 0. The predicted octanol–water partition coefficient (Wildman–Crippen LogP) is 5.65. The number of carboxylic acids is 1. The number of nitrogens with two attached hydrogens (primary N) is 1. The molecule has 0 fully saturated rings. The Bertz CT molecular complexity index is 982. The average molecular weight is 568 g/mol. The first kappa shape index (κ1) is 34.7. The van der Waals surface area contributed by atoms with E-state index in [0.29, 0.717) is 12.0 Å². The number of carbonyl (C=O) groups excluding carboxylic acids is 3. The second kappa shape index (κ2) is 17.4. The summed E-state index contributed by atoms with van der Waals surface area (Å²) in [5.74, 6) is -1.77. The normalized spacial score (nSPS) is 14.7. The molecule has 1 aromatic rings. The van der Waals surface area contributed by atoms with E-state index in [0.717, 1.165) is 19.3 Å². The number of aliphatic carboxylic acids is 1. The van der Waals surface area contributed by atoms with E-state index in [4.69, 9.17) is 29.4 Å². The van der Waals surface area contributed by atoms with Crippen molar-refractivity contribution in [2.24, 2.45) is 17.6 Å². The number of benzene rings is 1. The zero-order valence-corrected chi connectivity index (χ0v) is 24.5. The Morgan fingerprint density at radius 2 is 1.45 bits per heavy atom. The highest BCUT2D eigenvalue weighted by Gasteiger charge is 2.37. The van der Waals surface area contributed by atoms with Gasteiger partial charge in [-0.1, -0.05) is 59.9 Å². The molecule has 0 saturated carbocycles. The third-order valence-corrected chi connectivity index (χ3v) is 6.42. The zero-order chi connectivity index (χ0) is 30.3. The van der Waals surface area contributed by atoms with E-state index < -0.39 is 35.9 Å². The van der Waals surface area contributed by atoms with Gasteiger partial charge in [0, 0.05) is 19.3 Å². The van der Waals surface area contributed by atoms with Crippen LogP contribution in [0.1, 0.15) is 85.6 Å².